The quantitative estimate of drug-likeness (QED) is 0.0151. The summed E-state index contributed by atoms with van der Waals surface area (Å²) in [6.45, 7) is 9.49. The lowest BCUT2D eigenvalue weighted by Crippen LogP contribution is -2.56. The van der Waals surface area contributed by atoms with Crippen LogP contribution in [0.5, 0.6) is 34.5 Å². The van der Waals surface area contributed by atoms with Crippen molar-refractivity contribution in [2.24, 2.45) is 69.0 Å². The minimum absolute atomic E-state index is 0.0386. The third-order valence-corrected chi connectivity index (χ3v) is 34.2. The van der Waals surface area contributed by atoms with Crippen LogP contribution in [0.25, 0.3) is 0 Å². The van der Waals surface area contributed by atoms with Gasteiger partial charge in [0.25, 0.3) is 0 Å². The first-order valence-corrected chi connectivity index (χ1v) is 48.9. The zero-order valence-electron chi connectivity index (χ0n) is 77.2. The van der Waals surface area contributed by atoms with Crippen LogP contribution in [0.3, 0.4) is 0 Å². The number of phenolic OH excluding ortho intramolecular Hbond substituents is 4. The normalized spacial score (nSPS) is 33.0. The van der Waals surface area contributed by atoms with E-state index in [1.807, 2.05) is 0 Å². The van der Waals surface area contributed by atoms with E-state index in [-0.39, 0.29) is 187 Å². The van der Waals surface area contributed by atoms with E-state index in [0.29, 0.717) is 91.9 Å². The van der Waals surface area contributed by atoms with Crippen LogP contribution < -0.4 is 9.47 Å². The number of esters is 4. The van der Waals surface area contributed by atoms with Gasteiger partial charge in [0.1, 0.15) is 60.9 Å². The highest BCUT2D eigenvalue weighted by Gasteiger charge is 2.61. The maximum absolute atomic E-state index is 14.4. The molecule has 0 amide bonds. The number of ether oxygens (including phenoxy) is 10. The van der Waals surface area contributed by atoms with E-state index >= 15 is 0 Å². The molecule has 0 aliphatic heterocycles. The van der Waals surface area contributed by atoms with Crippen LogP contribution in [0.1, 0.15) is 325 Å². The molecule has 696 valence electrons. The second-order valence-corrected chi connectivity index (χ2v) is 44.8. The minimum atomic E-state index is -1.11. The summed E-state index contributed by atoms with van der Waals surface area (Å²) < 4.78 is 64.0. The second kappa shape index (κ2) is 34.2. The van der Waals surface area contributed by atoms with E-state index in [1.165, 1.54) is 116 Å². The van der Waals surface area contributed by atoms with Crippen molar-refractivity contribution in [1.82, 2.24) is 0 Å². The molecule has 12 unspecified atom stereocenters. The van der Waals surface area contributed by atoms with Crippen molar-refractivity contribution in [3.63, 3.8) is 0 Å². The number of aromatic hydroxyl groups is 4. The van der Waals surface area contributed by atoms with Gasteiger partial charge in [-0.15, -0.1) is 0 Å². The van der Waals surface area contributed by atoms with E-state index in [0.717, 1.165) is 77.0 Å². The third kappa shape index (κ3) is 16.9. The van der Waals surface area contributed by atoms with Crippen LogP contribution in [0, 0.1) is 69.0 Å². The first-order valence-electron chi connectivity index (χ1n) is 48.9. The Bertz CT molecular complexity index is 5000. The Morgan fingerprint density at radius 3 is 0.705 bits per heavy atom. The van der Waals surface area contributed by atoms with Gasteiger partial charge in [0.05, 0.1) is 98.5 Å². The highest BCUT2D eigenvalue weighted by molar-refractivity contribution is 5.91. The molecular formula is C112H128O20. The van der Waals surface area contributed by atoms with Crippen LogP contribution in [0.2, 0.25) is 0 Å². The molecule has 20 heteroatoms. The molecule has 6 N–H and O–H groups in total. The van der Waals surface area contributed by atoms with Gasteiger partial charge in [-0.3, -0.25) is 0 Å². The average Bonchev–Trinajstić information content (AvgIpc) is 0.739. The van der Waals surface area contributed by atoms with E-state index in [4.69, 9.17) is 47.4 Å². The minimum Gasteiger partial charge on any atom is -0.508 e. The number of hydrogen-bond donors (Lipinski definition) is 6. The number of carbonyl (C=O) groups is 4. The summed E-state index contributed by atoms with van der Waals surface area (Å²) in [6, 6.07) is 40.6. The Morgan fingerprint density at radius 2 is 0.492 bits per heavy atom. The second-order valence-electron chi connectivity index (χ2n) is 44.8. The lowest BCUT2D eigenvalue weighted by atomic mass is 9.48. The number of rotatable bonds is 28. The summed E-state index contributed by atoms with van der Waals surface area (Å²) in [4.78, 5) is 57.7. The van der Waals surface area contributed by atoms with Crippen molar-refractivity contribution in [3.8, 4) is 34.5 Å². The molecule has 17 aliphatic carbocycles. The van der Waals surface area contributed by atoms with E-state index in [2.05, 4.69) is 27.7 Å². The molecule has 0 heterocycles. The zero-order valence-corrected chi connectivity index (χ0v) is 77.2. The highest BCUT2D eigenvalue weighted by atomic mass is 16.6. The first kappa shape index (κ1) is 88.8. The van der Waals surface area contributed by atoms with Gasteiger partial charge in [0.15, 0.2) is 0 Å². The standard InChI is InChI=1S/C112H128O20/c1-105-43-65-31-66(44-105)52-109(51-65,61-105)129-27-23-125-101(119)77-15-7-73(8-16-77)97-84-38-86(92(116)36-82(84)60-114)99(75-11-19-79(20-12-75)103(121)127-25-29-131-111-55-69-33-70(56-111)48-107(3,47-69)63-111)90-40-88(94(118)42-96(90)124-6)100(76-13-21-80(22-14-76)104(122)128-26-30-132-112-57-71-34-72(58-112)50-108(4,49-71)64-112)89-39-87(93(117)41-95(89)123-5)98(83-37-85(97)91(115)35-81(83)59-113)74-9-17-78(18-10-74)102(120)126-24-28-130-110-53-67-32-68(54-110)46-106(2,45-67)62-110/h7-22,35-42,65-72,97-100,113-118H,23-34,43-64H2,1-6H3. The van der Waals surface area contributed by atoms with Gasteiger partial charge in [-0.25, -0.2) is 19.2 Å². The summed E-state index contributed by atoms with van der Waals surface area (Å²) in [7, 11) is 2.95. The topological polar surface area (TPSA) is 282 Å². The zero-order chi connectivity index (χ0) is 91.2. The number of aliphatic hydroxyl groups excluding tert-OH is 2. The van der Waals surface area contributed by atoms with Crippen LogP contribution in [-0.4, -0.2) is 144 Å². The molecule has 17 aliphatic rings. The van der Waals surface area contributed by atoms with Crippen molar-refractivity contribution in [3.05, 3.63) is 246 Å². The fourth-order valence-corrected chi connectivity index (χ4v) is 31.5. The molecule has 25 rings (SSSR count). The van der Waals surface area contributed by atoms with Gasteiger partial charge in [-0.05, 0) is 353 Å². The number of methoxy groups -OCH3 is 2. The molecule has 8 aromatic rings. The van der Waals surface area contributed by atoms with Crippen molar-refractivity contribution in [2.45, 2.75) is 241 Å². The summed E-state index contributed by atoms with van der Waals surface area (Å²) in [5.74, 6) is -2.24. The Balaban J connectivity index is 0.677. The molecule has 8 aromatic carbocycles. The first-order chi connectivity index (χ1) is 63.5. The summed E-state index contributed by atoms with van der Waals surface area (Å²) in [5.41, 5.74) is 6.21. The molecule has 24 bridgehead atoms. The largest absolute Gasteiger partial charge is 0.508 e. The molecule has 0 aromatic heterocycles. The molecule has 20 nitrogen and oxygen atoms in total. The Morgan fingerprint density at radius 1 is 0.280 bits per heavy atom. The number of phenols is 4. The number of benzene rings is 8. The Labute approximate surface area is 774 Å². The SMILES string of the molecule is COc1cc(O)c2cc1C(c1ccc(C(=O)OCCOC34CC5CC(CC(C)(C5)C3)C4)cc1)c1cc(c(OC)cc1O)C(c1ccc(C(=O)OCCOC34CC5CC(CC(C)(C5)C3)C4)cc1)c1cc(c(CO)cc1O)C(c1ccc(C(=O)OCCOC34CC5CC(CC(C)(C5)C3)C4)cc1)c1cc(c(CO)cc1O)C2c1ccc(C(=O)OCCOC23CC4CC(CC(C)(C4)C2)C3)cc1. The number of carbonyl (C=O) groups excluding carboxylic acids is 4. The fourth-order valence-electron chi connectivity index (χ4n) is 31.5. The molecular weight excluding hydrogens is 1670 g/mol. The molecule has 12 atom stereocenters. The van der Waals surface area contributed by atoms with E-state index in [9.17, 15) is 49.8 Å². The van der Waals surface area contributed by atoms with Crippen LogP contribution in [0.4, 0.5) is 0 Å². The highest BCUT2D eigenvalue weighted by Crippen LogP contribution is 2.67. The van der Waals surface area contributed by atoms with Crippen LogP contribution >= 0.6 is 0 Å². The van der Waals surface area contributed by atoms with E-state index in [1.54, 1.807) is 121 Å². The molecule has 0 radical (unpaired) electrons. The molecule has 132 heavy (non-hydrogen) atoms. The van der Waals surface area contributed by atoms with Gasteiger partial charge in [-0.2, -0.15) is 0 Å². The monoisotopic (exact) mass is 1790 g/mol. The number of aliphatic hydroxyl groups is 2. The smallest absolute Gasteiger partial charge is 0.338 e. The summed E-state index contributed by atoms with van der Waals surface area (Å²) in [5, 5.41) is 76.9. The van der Waals surface area contributed by atoms with Crippen molar-refractivity contribution >= 4 is 23.9 Å². The lowest BCUT2D eigenvalue weighted by molar-refractivity contribution is -0.191. The number of hydrogen-bond acceptors (Lipinski definition) is 20. The van der Waals surface area contributed by atoms with Gasteiger partial charge in [0.2, 0.25) is 0 Å². The van der Waals surface area contributed by atoms with Crippen molar-refractivity contribution < 1.29 is 97.2 Å². The molecule has 16 saturated carbocycles. The van der Waals surface area contributed by atoms with Gasteiger partial charge >= 0.3 is 23.9 Å². The predicted molar refractivity (Wildman–Crippen MR) is 494 cm³/mol. The maximum atomic E-state index is 14.4. The number of fused-ring (bicyclic) bond motifs is 8. The molecule has 0 saturated heterocycles. The molecule has 0 spiro atoms. The van der Waals surface area contributed by atoms with Crippen molar-refractivity contribution in [2.75, 3.05) is 67.1 Å². The summed E-state index contributed by atoms with van der Waals surface area (Å²) >= 11 is 0. The van der Waals surface area contributed by atoms with Crippen LogP contribution in [0.15, 0.2) is 146 Å². The van der Waals surface area contributed by atoms with Gasteiger partial charge in [-0.1, -0.05) is 76.2 Å². The third-order valence-electron chi connectivity index (χ3n) is 34.2. The average molecular weight is 1790 g/mol. The molecule has 16 fully saturated rings. The van der Waals surface area contributed by atoms with E-state index < -0.39 is 60.8 Å². The Hall–Kier alpha value is -9.80. The fraction of sp³-hybridized carbons (Fsp3) is 0.536. The van der Waals surface area contributed by atoms with Gasteiger partial charge < -0.3 is 78.0 Å². The van der Waals surface area contributed by atoms with Crippen LogP contribution in [-0.2, 0) is 51.1 Å². The Kier molecular flexibility index (Phi) is 23.0. The maximum Gasteiger partial charge on any atom is 0.338 e. The predicted octanol–water partition coefficient (Wildman–Crippen LogP) is 20.7. The van der Waals surface area contributed by atoms with Crippen molar-refractivity contribution in [1.29, 1.82) is 0 Å². The lowest BCUT2D eigenvalue weighted by Gasteiger charge is -2.60. The summed E-state index contributed by atoms with van der Waals surface area (Å²) in [6.07, 6.45) is 27.1. The van der Waals surface area contributed by atoms with Gasteiger partial charge in [0, 0.05) is 69.2 Å².